The zero-order chi connectivity index (χ0) is 13.1. The molecular weight excluding hydrogens is 216 g/mol. The minimum atomic E-state index is -0.0745. The van der Waals surface area contributed by atoms with Crippen LogP contribution in [-0.2, 0) is 4.74 Å². The molecule has 0 aromatic rings. The van der Waals surface area contributed by atoms with Crippen molar-refractivity contribution < 1.29 is 9.53 Å². The van der Waals surface area contributed by atoms with E-state index in [0.29, 0.717) is 25.0 Å². The van der Waals surface area contributed by atoms with Crippen LogP contribution in [0.2, 0.25) is 0 Å². The van der Waals surface area contributed by atoms with Crippen LogP contribution in [0.25, 0.3) is 0 Å². The third kappa shape index (κ3) is 13.2. The summed E-state index contributed by atoms with van der Waals surface area (Å²) in [4.78, 5) is 11.3. The summed E-state index contributed by atoms with van der Waals surface area (Å²) >= 11 is 0. The first-order chi connectivity index (χ1) is 8.02. The van der Waals surface area contributed by atoms with Gasteiger partial charge in [0.05, 0.1) is 0 Å². The molecule has 0 unspecified atom stereocenters. The standard InChI is InChI=1S/C13H28N2O2/c1-11(2)6-8-15-13(16)14-7-5-9-17-10-12(3)4/h11-12H,5-10H2,1-4H3,(H2,14,15,16). The molecule has 0 aliphatic rings. The monoisotopic (exact) mass is 244 g/mol. The van der Waals surface area contributed by atoms with E-state index in [4.69, 9.17) is 4.74 Å². The Balaban J connectivity index is 3.22. The summed E-state index contributed by atoms with van der Waals surface area (Å²) in [5.41, 5.74) is 0. The predicted molar refractivity (Wildman–Crippen MR) is 71.1 cm³/mol. The first-order valence-corrected chi connectivity index (χ1v) is 6.61. The second kappa shape index (κ2) is 10.4. The van der Waals surface area contributed by atoms with Crippen LogP contribution >= 0.6 is 0 Å². The molecule has 0 rings (SSSR count). The number of amides is 2. The van der Waals surface area contributed by atoms with Crippen molar-refractivity contribution in [1.82, 2.24) is 10.6 Å². The first-order valence-electron chi connectivity index (χ1n) is 6.61. The molecule has 0 saturated heterocycles. The van der Waals surface area contributed by atoms with Gasteiger partial charge >= 0.3 is 6.03 Å². The maximum absolute atomic E-state index is 11.3. The van der Waals surface area contributed by atoms with Crippen molar-refractivity contribution in [1.29, 1.82) is 0 Å². The number of nitrogens with one attached hydrogen (secondary N) is 2. The van der Waals surface area contributed by atoms with Gasteiger partial charge in [-0.15, -0.1) is 0 Å². The van der Waals surface area contributed by atoms with Crippen molar-refractivity contribution in [2.45, 2.75) is 40.5 Å². The van der Waals surface area contributed by atoms with Gasteiger partial charge in [-0.2, -0.15) is 0 Å². The molecule has 4 heteroatoms. The molecule has 0 saturated carbocycles. The molecule has 102 valence electrons. The van der Waals surface area contributed by atoms with E-state index in [-0.39, 0.29) is 6.03 Å². The van der Waals surface area contributed by atoms with Crippen molar-refractivity contribution in [2.24, 2.45) is 11.8 Å². The predicted octanol–water partition coefficient (Wildman–Crippen LogP) is 2.39. The van der Waals surface area contributed by atoms with Crippen LogP contribution in [0.1, 0.15) is 40.5 Å². The maximum Gasteiger partial charge on any atom is 0.314 e. The highest BCUT2D eigenvalue weighted by Gasteiger charge is 2.00. The van der Waals surface area contributed by atoms with E-state index in [0.717, 1.165) is 26.0 Å². The lowest BCUT2D eigenvalue weighted by Crippen LogP contribution is -2.37. The number of ether oxygens (including phenoxy) is 1. The molecule has 0 bridgehead atoms. The molecule has 0 aromatic carbocycles. The van der Waals surface area contributed by atoms with E-state index in [9.17, 15) is 4.79 Å². The van der Waals surface area contributed by atoms with Gasteiger partial charge in [-0.05, 0) is 24.7 Å². The first kappa shape index (κ1) is 16.2. The molecule has 0 atom stereocenters. The highest BCUT2D eigenvalue weighted by molar-refractivity contribution is 5.73. The fourth-order valence-corrected chi connectivity index (χ4v) is 1.23. The van der Waals surface area contributed by atoms with Crippen LogP contribution in [0, 0.1) is 11.8 Å². The number of hydrogen-bond acceptors (Lipinski definition) is 2. The fourth-order valence-electron chi connectivity index (χ4n) is 1.23. The molecule has 0 fully saturated rings. The van der Waals surface area contributed by atoms with Crippen molar-refractivity contribution in [3.05, 3.63) is 0 Å². The molecular formula is C13H28N2O2. The van der Waals surface area contributed by atoms with Crippen molar-refractivity contribution in [3.8, 4) is 0 Å². The highest BCUT2D eigenvalue weighted by atomic mass is 16.5. The lowest BCUT2D eigenvalue weighted by atomic mass is 10.1. The Morgan fingerprint density at radius 2 is 1.71 bits per heavy atom. The lowest BCUT2D eigenvalue weighted by Gasteiger charge is -2.09. The summed E-state index contributed by atoms with van der Waals surface area (Å²) < 4.78 is 5.42. The number of carbonyl (C=O) groups is 1. The Labute approximate surface area is 105 Å². The Hall–Kier alpha value is -0.770. The van der Waals surface area contributed by atoms with Crippen LogP contribution in [0.4, 0.5) is 4.79 Å². The van der Waals surface area contributed by atoms with E-state index < -0.39 is 0 Å². The summed E-state index contributed by atoms with van der Waals surface area (Å²) in [6.07, 6.45) is 1.88. The van der Waals surface area contributed by atoms with E-state index in [1.54, 1.807) is 0 Å². The largest absolute Gasteiger partial charge is 0.381 e. The summed E-state index contributed by atoms with van der Waals surface area (Å²) in [5, 5.41) is 5.65. The van der Waals surface area contributed by atoms with Gasteiger partial charge in [0.15, 0.2) is 0 Å². The molecule has 0 aliphatic carbocycles. The van der Waals surface area contributed by atoms with Crippen LogP contribution in [-0.4, -0.2) is 32.3 Å². The third-order valence-corrected chi connectivity index (χ3v) is 2.21. The molecule has 2 amide bonds. The maximum atomic E-state index is 11.3. The van der Waals surface area contributed by atoms with Gasteiger partial charge in [-0.25, -0.2) is 4.79 Å². The van der Waals surface area contributed by atoms with Crippen LogP contribution < -0.4 is 10.6 Å². The molecule has 0 aromatic heterocycles. The average Bonchev–Trinajstić information content (AvgIpc) is 2.22. The van der Waals surface area contributed by atoms with Gasteiger partial charge in [0.1, 0.15) is 0 Å². The second-order valence-electron chi connectivity index (χ2n) is 5.19. The van der Waals surface area contributed by atoms with Gasteiger partial charge in [0, 0.05) is 26.3 Å². The van der Waals surface area contributed by atoms with Crippen molar-refractivity contribution in [3.63, 3.8) is 0 Å². The normalized spacial score (nSPS) is 10.9. The molecule has 2 N–H and O–H groups in total. The van der Waals surface area contributed by atoms with Gasteiger partial charge < -0.3 is 15.4 Å². The van der Waals surface area contributed by atoms with Crippen molar-refractivity contribution in [2.75, 3.05) is 26.3 Å². The van der Waals surface area contributed by atoms with E-state index >= 15 is 0 Å². The van der Waals surface area contributed by atoms with Crippen molar-refractivity contribution >= 4 is 6.03 Å². The number of carbonyl (C=O) groups excluding carboxylic acids is 1. The quantitative estimate of drug-likeness (QED) is 0.612. The Kier molecular flexibility index (Phi) is 9.92. The van der Waals surface area contributed by atoms with Gasteiger partial charge in [0.2, 0.25) is 0 Å². The number of hydrogen-bond donors (Lipinski definition) is 2. The zero-order valence-corrected chi connectivity index (χ0v) is 11.7. The number of rotatable bonds is 9. The zero-order valence-electron chi connectivity index (χ0n) is 11.7. The molecule has 0 spiro atoms. The van der Waals surface area contributed by atoms with Gasteiger partial charge in [-0.1, -0.05) is 27.7 Å². The van der Waals surface area contributed by atoms with E-state index in [1.165, 1.54) is 0 Å². The number of urea groups is 1. The fraction of sp³-hybridized carbons (Fsp3) is 0.923. The topological polar surface area (TPSA) is 50.4 Å². The van der Waals surface area contributed by atoms with Crippen LogP contribution in [0.5, 0.6) is 0 Å². The summed E-state index contributed by atoms with van der Waals surface area (Å²) in [6.45, 7) is 11.5. The highest BCUT2D eigenvalue weighted by Crippen LogP contribution is 1.96. The third-order valence-electron chi connectivity index (χ3n) is 2.21. The summed E-state index contributed by atoms with van der Waals surface area (Å²) in [5.74, 6) is 1.20. The Morgan fingerprint density at radius 3 is 2.29 bits per heavy atom. The molecule has 0 heterocycles. The summed E-state index contributed by atoms with van der Waals surface area (Å²) in [7, 11) is 0. The molecule has 17 heavy (non-hydrogen) atoms. The van der Waals surface area contributed by atoms with Crippen LogP contribution in [0.15, 0.2) is 0 Å². The van der Waals surface area contributed by atoms with E-state index in [2.05, 4.69) is 38.3 Å². The SMILES string of the molecule is CC(C)CCNC(=O)NCCCOCC(C)C. The molecule has 0 aliphatic heterocycles. The Morgan fingerprint density at radius 1 is 1.06 bits per heavy atom. The second-order valence-corrected chi connectivity index (χ2v) is 5.19. The van der Waals surface area contributed by atoms with Gasteiger partial charge in [0.25, 0.3) is 0 Å². The van der Waals surface area contributed by atoms with Crippen LogP contribution in [0.3, 0.4) is 0 Å². The lowest BCUT2D eigenvalue weighted by molar-refractivity contribution is 0.108. The minimum absolute atomic E-state index is 0.0745. The summed E-state index contributed by atoms with van der Waals surface area (Å²) in [6, 6.07) is -0.0745. The van der Waals surface area contributed by atoms with E-state index in [1.807, 2.05) is 0 Å². The molecule has 0 radical (unpaired) electrons. The Bertz CT molecular complexity index is 194. The average molecular weight is 244 g/mol. The smallest absolute Gasteiger partial charge is 0.314 e. The van der Waals surface area contributed by atoms with Gasteiger partial charge in [-0.3, -0.25) is 0 Å². The molecule has 4 nitrogen and oxygen atoms in total. The minimum Gasteiger partial charge on any atom is -0.381 e.